The zero-order chi connectivity index (χ0) is 77.7. The fraction of sp³-hybridized carbons (Fsp3) is 0.481. The van der Waals surface area contributed by atoms with E-state index in [0.29, 0.717) is 0 Å². The first-order chi connectivity index (χ1) is 54.3. The maximum Gasteiger partial charge on any atom is 0.200 e. The van der Waals surface area contributed by atoms with Crippen molar-refractivity contribution in [1.29, 1.82) is 0 Å². The maximum atomic E-state index is 10.9. The Bertz CT molecular complexity index is 4180. The first-order valence-electron chi connectivity index (χ1n) is 37.6. The van der Waals surface area contributed by atoms with Crippen LogP contribution in [-0.4, -0.2) is 144 Å². The molecular weight excluding hydrogens is 1440 g/mol. The normalized spacial score (nSPS) is 27.2. The highest BCUT2D eigenvalue weighted by Gasteiger charge is 2.59. The molecule has 111 heavy (non-hydrogen) atoms. The second-order valence-electron chi connectivity index (χ2n) is 28.7. The molecule has 11 rings (SSSR count). The summed E-state index contributed by atoms with van der Waals surface area (Å²) < 4.78 is 99.9. The van der Waals surface area contributed by atoms with E-state index in [2.05, 4.69) is 91.7 Å². The van der Waals surface area contributed by atoms with Crippen LogP contribution in [0.1, 0.15) is 86.9 Å². The molecule has 7 aromatic rings. The van der Waals surface area contributed by atoms with Crippen molar-refractivity contribution in [3.8, 4) is 0 Å². The first-order valence-corrected chi connectivity index (χ1v) is 39.8. The van der Waals surface area contributed by atoms with Crippen molar-refractivity contribution in [2.24, 2.45) is 25.6 Å². The van der Waals surface area contributed by atoms with E-state index in [1.807, 2.05) is 212 Å². The lowest BCUT2D eigenvalue weighted by atomic mass is 9.83. The largest absolute Gasteiger partial charge is 0.413 e. The fourth-order valence-corrected chi connectivity index (χ4v) is 21.0. The Balaban J connectivity index is 1.05. The Kier molecular flexibility index (Phi) is 31.6. The van der Waals surface area contributed by atoms with Gasteiger partial charge in [-0.1, -0.05) is 279 Å². The molecule has 0 amide bonds. The molecule has 7 unspecified atom stereocenters. The fourth-order valence-electron chi connectivity index (χ4n) is 15.5. The highest BCUT2D eigenvalue weighted by atomic mass is 28.4. The lowest BCUT2D eigenvalue weighted by Crippen LogP contribution is -2.65. The molecule has 29 nitrogen and oxygen atoms in total. The minimum Gasteiger partial charge on any atom is -0.413 e. The van der Waals surface area contributed by atoms with Crippen molar-refractivity contribution >= 4 is 8.32 Å². The predicted octanol–water partition coefficient (Wildman–Crippen LogP) is 17.7. The number of nitrogens with zero attached hydrogens (tertiary/aromatic N) is 15. The summed E-state index contributed by atoms with van der Waals surface area (Å²) in [5.74, 6) is 0. The standard InChI is InChI=1S/C81H97N15O14Si/c1-53(2)111(54(3)4,55(5)6)104-52-67-73(100-47-59-34-20-10-21-35-59)76(102-49-61-38-24-12-25-39-61)69(91-96-86)80(106-67)108-71-64(89-94-84)42-63(88-93-83)70(98-45-57-30-16-8-17-31-57)77(71)110-81-78(103-50-62-40-26-13-27-41-62)74(66(107-81)51-97-44-56-28-14-7-15-29-56)109-79-68(90-95-85)75(101-48-60-36-22-11-23-37-60)72(65(105-79)43-87-92-82)99-46-58-32-18-9-19-33-58/h7-41,53-55,63-81H,42-52H2,1-6H3/t63-,64?,65+,66-,67?,68?,69?,70?,71-,72-,73-,74+,75?,76-,77-,78?,79-,80-,81+/m1/s1. The van der Waals surface area contributed by atoms with Crippen LogP contribution in [0.2, 0.25) is 16.6 Å². The van der Waals surface area contributed by atoms with E-state index in [-0.39, 0.29) is 89.1 Å². The van der Waals surface area contributed by atoms with Gasteiger partial charge in [-0.05, 0) is 89.6 Å². The van der Waals surface area contributed by atoms with Gasteiger partial charge < -0.3 is 66.0 Å². The minimum atomic E-state index is -2.71. The summed E-state index contributed by atoms with van der Waals surface area (Å²) in [5.41, 5.74) is 58.9. The van der Waals surface area contributed by atoms with Gasteiger partial charge in [-0.3, -0.25) is 0 Å². The van der Waals surface area contributed by atoms with Crippen molar-refractivity contribution in [2.75, 3.05) is 19.8 Å². The van der Waals surface area contributed by atoms with E-state index in [0.717, 1.165) is 38.9 Å². The molecule has 30 heteroatoms. The SMILES string of the molecule is CC(C)[Si](OCC1O[C@H](O[C@@H]2C(N=[N+]=[N-])C[C@@H](N=[N+]=[N-])C(OCc3ccccc3)[C@H]2O[C@@H]2O[C@H](COCc3ccccc3)[C@H](O[C@H]3O[C@@H](CN=[N+]=[N-])[C@@H](OCc4ccccc4)C(OCc4ccccc4)C3N=[N+]=[N-])C2OCc2ccccc2)C(N=[N+]=[N-])[C@@H](OCc2ccccc2)[C@@H]1OCc1ccccc1)(C(C)C)C(C)C. The van der Waals surface area contributed by atoms with Gasteiger partial charge in [0.25, 0.3) is 0 Å². The molecule has 3 aliphatic heterocycles. The average Bonchev–Trinajstić information content (AvgIpc) is 1.75. The van der Waals surface area contributed by atoms with Crippen LogP contribution in [0.3, 0.4) is 0 Å². The Labute approximate surface area is 647 Å². The van der Waals surface area contributed by atoms with Gasteiger partial charge in [0.1, 0.15) is 67.0 Å². The molecule has 3 saturated heterocycles. The molecule has 19 atom stereocenters. The number of hydrogen-bond acceptors (Lipinski definition) is 19. The van der Waals surface area contributed by atoms with Crippen LogP contribution in [-0.2, 0) is 112 Å². The second kappa shape index (κ2) is 42.4. The molecule has 0 N–H and O–H groups in total. The van der Waals surface area contributed by atoms with E-state index < -0.39 is 125 Å². The molecule has 4 aliphatic rings. The van der Waals surface area contributed by atoms with Crippen LogP contribution in [0.5, 0.6) is 0 Å². The number of ether oxygens (including phenoxy) is 13. The van der Waals surface area contributed by atoms with Gasteiger partial charge in [0, 0.05) is 24.6 Å². The lowest BCUT2D eigenvalue weighted by Gasteiger charge is -2.50. The number of azide groups is 5. The van der Waals surface area contributed by atoms with Gasteiger partial charge in [0.15, 0.2) is 27.2 Å². The predicted molar refractivity (Wildman–Crippen MR) is 414 cm³/mol. The van der Waals surface area contributed by atoms with Crippen LogP contribution in [0, 0.1) is 0 Å². The molecule has 7 aromatic carbocycles. The molecule has 3 heterocycles. The highest BCUT2D eigenvalue weighted by Crippen LogP contribution is 2.45. The summed E-state index contributed by atoms with van der Waals surface area (Å²) in [6, 6.07) is 61.2. The van der Waals surface area contributed by atoms with Crippen molar-refractivity contribution in [3.05, 3.63) is 303 Å². The summed E-state index contributed by atoms with van der Waals surface area (Å²) in [6.45, 7) is 12.9. The summed E-state index contributed by atoms with van der Waals surface area (Å²) in [6.07, 6.45) is -19.2. The van der Waals surface area contributed by atoms with Crippen molar-refractivity contribution in [3.63, 3.8) is 0 Å². The molecule has 0 aromatic heterocycles. The number of rotatable bonds is 40. The molecule has 1 saturated carbocycles. The van der Waals surface area contributed by atoms with Gasteiger partial charge >= 0.3 is 0 Å². The van der Waals surface area contributed by atoms with E-state index in [1.54, 1.807) is 0 Å². The van der Waals surface area contributed by atoms with Crippen LogP contribution < -0.4 is 0 Å². The van der Waals surface area contributed by atoms with Gasteiger partial charge in [-0.25, -0.2) is 0 Å². The van der Waals surface area contributed by atoms with Gasteiger partial charge in [0.2, 0.25) is 0 Å². The molecule has 0 bridgehead atoms. The Morgan fingerprint density at radius 2 is 0.649 bits per heavy atom. The lowest BCUT2D eigenvalue weighted by molar-refractivity contribution is -0.322. The Morgan fingerprint density at radius 3 is 1.04 bits per heavy atom. The quantitative estimate of drug-likeness (QED) is 0.0149. The van der Waals surface area contributed by atoms with Crippen LogP contribution >= 0.6 is 0 Å². The minimum absolute atomic E-state index is 0.00926. The van der Waals surface area contributed by atoms with E-state index >= 15 is 0 Å². The number of hydrogen-bond donors (Lipinski definition) is 0. The van der Waals surface area contributed by atoms with Crippen molar-refractivity contribution in [2.45, 2.75) is 227 Å². The highest BCUT2D eigenvalue weighted by molar-refractivity contribution is 6.77. The summed E-state index contributed by atoms with van der Waals surface area (Å²) in [4.78, 5) is 16.7. The van der Waals surface area contributed by atoms with Crippen LogP contribution in [0.15, 0.2) is 238 Å². The topological polar surface area (TPSA) is 373 Å². The molecular formula is C81H97N15O14Si. The summed E-state index contributed by atoms with van der Waals surface area (Å²) >= 11 is 0. The third-order valence-corrected chi connectivity index (χ3v) is 26.7. The second-order valence-corrected chi connectivity index (χ2v) is 34.2. The van der Waals surface area contributed by atoms with E-state index in [9.17, 15) is 27.7 Å². The molecule has 1 aliphatic carbocycles. The van der Waals surface area contributed by atoms with E-state index in [1.165, 1.54) is 0 Å². The monoisotopic (exact) mass is 1530 g/mol. The third kappa shape index (κ3) is 22.1. The Hall–Kier alpha value is -9.25. The zero-order valence-electron chi connectivity index (χ0n) is 63.1. The zero-order valence-corrected chi connectivity index (χ0v) is 64.1. The Morgan fingerprint density at radius 1 is 0.333 bits per heavy atom. The average molecular weight is 1530 g/mol. The van der Waals surface area contributed by atoms with Crippen LogP contribution in [0.25, 0.3) is 52.2 Å². The summed E-state index contributed by atoms with van der Waals surface area (Å²) in [5, 5.41) is 21.6. The molecule has 4 fully saturated rings. The first kappa shape index (κ1) is 82.7. The third-order valence-electron chi connectivity index (χ3n) is 20.7. The molecule has 0 spiro atoms. The molecule has 0 radical (unpaired) electrons. The van der Waals surface area contributed by atoms with E-state index in [4.69, 9.17) is 66.0 Å². The smallest absolute Gasteiger partial charge is 0.200 e. The van der Waals surface area contributed by atoms with Crippen LogP contribution in [0.4, 0.5) is 0 Å². The van der Waals surface area contributed by atoms with Gasteiger partial charge in [-0.15, -0.1) is 0 Å². The van der Waals surface area contributed by atoms with Crippen molar-refractivity contribution < 1.29 is 66.0 Å². The maximum absolute atomic E-state index is 10.9. The van der Waals surface area contributed by atoms with Gasteiger partial charge in [0.05, 0.1) is 96.4 Å². The van der Waals surface area contributed by atoms with Gasteiger partial charge in [-0.2, -0.15) is 0 Å². The molecule has 584 valence electrons. The van der Waals surface area contributed by atoms with Crippen molar-refractivity contribution in [1.82, 2.24) is 0 Å². The summed E-state index contributed by atoms with van der Waals surface area (Å²) in [7, 11) is -2.71. The number of benzene rings is 7.